The largest absolute Gasteiger partial charge is 0.399 e. The third-order valence-corrected chi connectivity index (χ3v) is 5.63. The van der Waals surface area contributed by atoms with E-state index in [-0.39, 0.29) is 5.82 Å². The summed E-state index contributed by atoms with van der Waals surface area (Å²) in [5.74, 6) is -0.819. The maximum atomic E-state index is 15.4. The van der Waals surface area contributed by atoms with E-state index in [1.54, 1.807) is 30.3 Å². The van der Waals surface area contributed by atoms with Crippen molar-refractivity contribution in [2.45, 2.75) is 5.41 Å². The molecule has 1 nitrogen and oxygen atoms in total. The van der Waals surface area contributed by atoms with E-state index in [9.17, 15) is 0 Å². The van der Waals surface area contributed by atoms with E-state index in [0.717, 1.165) is 22.3 Å². The Morgan fingerprint density at radius 2 is 1.04 bits per heavy atom. The number of anilines is 1. The van der Waals surface area contributed by atoms with Crippen molar-refractivity contribution >= 4 is 5.69 Å². The highest BCUT2D eigenvalue weighted by molar-refractivity contribution is 5.86. The summed E-state index contributed by atoms with van der Waals surface area (Å²) < 4.78 is 30.6. The fourth-order valence-electron chi connectivity index (χ4n) is 4.56. The van der Waals surface area contributed by atoms with Gasteiger partial charge in [0.15, 0.2) is 0 Å². The minimum atomic E-state index is -1.09. The number of fused-ring (bicyclic) bond motifs is 3. The fraction of sp³-hybridized carbons (Fsp3) is 0.0400. The van der Waals surface area contributed by atoms with Crippen LogP contribution < -0.4 is 5.73 Å². The van der Waals surface area contributed by atoms with Crippen LogP contribution in [0.25, 0.3) is 11.1 Å². The minimum absolute atomic E-state index is 0.338. The predicted molar refractivity (Wildman–Crippen MR) is 108 cm³/mol. The molecular weight excluding hydrogens is 352 g/mol. The average molecular weight is 369 g/mol. The van der Waals surface area contributed by atoms with Crippen LogP contribution in [0.2, 0.25) is 0 Å². The lowest BCUT2D eigenvalue weighted by molar-refractivity contribution is 0.555. The smallest absolute Gasteiger partial charge is 0.130 e. The zero-order valence-corrected chi connectivity index (χ0v) is 15.0. The number of hydrogen-bond donors (Lipinski definition) is 1. The van der Waals surface area contributed by atoms with Crippen molar-refractivity contribution in [3.63, 3.8) is 0 Å². The van der Waals surface area contributed by atoms with Gasteiger partial charge in [0.05, 0.1) is 5.41 Å². The molecule has 0 spiro atoms. The molecule has 5 rings (SSSR count). The van der Waals surface area contributed by atoms with Crippen LogP contribution >= 0.6 is 0 Å². The van der Waals surface area contributed by atoms with Gasteiger partial charge in [-0.05, 0) is 40.5 Å². The van der Waals surface area contributed by atoms with Crippen LogP contribution in [-0.4, -0.2) is 0 Å². The van der Waals surface area contributed by atoms with Crippen molar-refractivity contribution in [2.24, 2.45) is 0 Å². The molecule has 0 aliphatic heterocycles. The van der Waals surface area contributed by atoms with Crippen molar-refractivity contribution < 1.29 is 8.78 Å². The Bertz CT molecular complexity index is 1170. The van der Waals surface area contributed by atoms with Gasteiger partial charge in [-0.1, -0.05) is 72.8 Å². The van der Waals surface area contributed by atoms with E-state index in [1.807, 2.05) is 48.5 Å². The SMILES string of the molecule is Nc1ccc(C2(c3ccccc3F)c3ccccc3-c3ccccc32)c(F)c1. The summed E-state index contributed by atoms with van der Waals surface area (Å²) in [6, 6.07) is 26.9. The summed E-state index contributed by atoms with van der Waals surface area (Å²) in [4.78, 5) is 0. The standard InChI is InChI=1S/C25H17F2N/c26-23-12-6-5-11-21(23)25(22-14-13-16(28)15-24(22)27)19-9-3-1-7-17(19)18-8-2-4-10-20(18)25/h1-15H,28H2. The molecule has 3 heteroatoms. The summed E-state index contributed by atoms with van der Waals surface area (Å²) in [6.45, 7) is 0. The van der Waals surface area contributed by atoms with E-state index in [1.165, 1.54) is 12.1 Å². The van der Waals surface area contributed by atoms with Crippen LogP contribution in [-0.2, 0) is 5.41 Å². The first kappa shape index (κ1) is 16.7. The number of rotatable bonds is 2. The second kappa shape index (κ2) is 6.03. The fourth-order valence-corrected chi connectivity index (χ4v) is 4.56. The summed E-state index contributed by atoms with van der Waals surface area (Å²) in [7, 11) is 0. The highest BCUT2D eigenvalue weighted by Crippen LogP contribution is 2.56. The molecule has 136 valence electrons. The van der Waals surface area contributed by atoms with Gasteiger partial charge in [0.2, 0.25) is 0 Å². The predicted octanol–water partition coefficient (Wildman–Crippen LogP) is 5.91. The summed E-state index contributed by atoms with van der Waals surface area (Å²) >= 11 is 0. The molecule has 0 radical (unpaired) electrons. The Balaban J connectivity index is 2.01. The highest BCUT2D eigenvalue weighted by Gasteiger charge is 2.48. The second-order valence-electron chi connectivity index (χ2n) is 7.06. The van der Waals surface area contributed by atoms with Crippen LogP contribution in [0.5, 0.6) is 0 Å². The first-order valence-corrected chi connectivity index (χ1v) is 9.14. The molecule has 0 saturated heterocycles. The van der Waals surface area contributed by atoms with Crippen LogP contribution in [0.3, 0.4) is 0 Å². The van der Waals surface area contributed by atoms with E-state index in [0.29, 0.717) is 16.8 Å². The molecule has 4 aromatic carbocycles. The molecule has 0 bridgehead atoms. The molecule has 0 atom stereocenters. The molecule has 28 heavy (non-hydrogen) atoms. The van der Waals surface area contributed by atoms with Crippen molar-refractivity contribution in [1.82, 2.24) is 0 Å². The first-order chi connectivity index (χ1) is 13.6. The molecule has 2 N–H and O–H groups in total. The average Bonchev–Trinajstić information content (AvgIpc) is 3.00. The molecule has 1 aliphatic rings. The van der Waals surface area contributed by atoms with Crippen molar-refractivity contribution in [1.29, 1.82) is 0 Å². The minimum Gasteiger partial charge on any atom is -0.399 e. The molecule has 4 aromatic rings. The van der Waals surface area contributed by atoms with Crippen molar-refractivity contribution in [3.05, 3.63) is 125 Å². The number of benzene rings is 4. The third-order valence-electron chi connectivity index (χ3n) is 5.63. The van der Waals surface area contributed by atoms with Crippen molar-refractivity contribution in [3.8, 4) is 11.1 Å². The Morgan fingerprint density at radius 3 is 1.61 bits per heavy atom. The Hall–Kier alpha value is -3.46. The Kier molecular flexibility index (Phi) is 3.59. The van der Waals surface area contributed by atoms with Crippen LogP contribution in [0.4, 0.5) is 14.5 Å². The van der Waals surface area contributed by atoms with Gasteiger partial charge in [-0.2, -0.15) is 0 Å². The van der Waals surface area contributed by atoms with Gasteiger partial charge in [-0.25, -0.2) is 8.78 Å². The third kappa shape index (κ3) is 2.10. The van der Waals surface area contributed by atoms with Gasteiger partial charge >= 0.3 is 0 Å². The molecule has 0 fully saturated rings. The summed E-state index contributed by atoms with van der Waals surface area (Å²) in [6.07, 6.45) is 0. The second-order valence-corrected chi connectivity index (χ2v) is 7.06. The maximum absolute atomic E-state index is 15.4. The molecule has 0 unspecified atom stereocenters. The molecule has 1 aliphatic carbocycles. The van der Waals surface area contributed by atoms with Gasteiger partial charge in [0.1, 0.15) is 11.6 Å². The van der Waals surface area contributed by atoms with Crippen molar-refractivity contribution in [2.75, 3.05) is 5.73 Å². The lowest BCUT2D eigenvalue weighted by Crippen LogP contribution is -2.31. The highest BCUT2D eigenvalue weighted by atomic mass is 19.1. The lowest BCUT2D eigenvalue weighted by atomic mass is 9.67. The van der Waals surface area contributed by atoms with Gasteiger partial charge in [-0.3, -0.25) is 0 Å². The number of nitrogen functional groups attached to an aromatic ring is 1. The van der Waals surface area contributed by atoms with Gasteiger partial charge in [-0.15, -0.1) is 0 Å². The van der Waals surface area contributed by atoms with Gasteiger partial charge in [0, 0.05) is 16.8 Å². The van der Waals surface area contributed by atoms with Gasteiger partial charge < -0.3 is 5.73 Å². The van der Waals surface area contributed by atoms with Crippen LogP contribution in [0.1, 0.15) is 22.3 Å². The number of nitrogens with two attached hydrogens (primary N) is 1. The Morgan fingerprint density at radius 1 is 0.536 bits per heavy atom. The zero-order chi connectivity index (χ0) is 19.3. The zero-order valence-electron chi connectivity index (χ0n) is 15.0. The number of halogens is 2. The first-order valence-electron chi connectivity index (χ1n) is 9.14. The Labute approximate surface area is 162 Å². The monoisotopic (exact) mass is 369 g/mol. The van der Waals surface area contributed by atoms with E-state index < -0.39 is 11.2 Å². The molecule has 0 heterocycles. The van der Waals surface area contributed by atoms with E-state index >= 15 is 8.78 Å². The van der Waals surface area contributed by atoms with E-state index in [4.69, 9.17) is 5.73 Å². The van der Waals surface area contributed by atoms with Gasteiger partial charge in [0.25, 0.3) is 0 Å². The lowest BCUT2D eigenvalue weighted by Gasteiger charge is -2.34. The van der Waals surface area contributed by atoms with Crippen LogP contribution in [0, 0.1) is 11.6 Å². The molecular formula is C25H17F2N. The number of hydrogen-bond acceptors (Lipinski definition) is 1. The molecule has 0 aromatic heterocycles. The van der Waals surface area contributed by atoms with E-state index in [2.05, 4.69) is 0 Å². The molecule has 0 saturated carbocycles. The molecule has 0 amide bonds. The quantitative estimate of drug-likeness (QED) is 0.385. The van der Waals surface area contributed by atoms with Crippen LogP contribution in [0.15, 0.2) is 91.0 Å². The normalized spacial score (nSPS) is 13.8. The summed E-state index contributed by atoms with van der Waals surface area (Å²) in [5.41, 5.74) is 9.58. The summed E-state index contributed by atoms with van der Waals surface area (Å²) in [5, 5.41) is 0. The topological polar surface area (TPSA) is 26.0 Å². The maximum Gasteiger partial charge on any atom is 0.130 e.